The highest BCUT2D eigenvalue weighted by Gasteiger charge is 2.30. The van der Waals surface area contributed by atoms with Crippen LogP contribution in [0, 0.1) is 5.41 Å². The quantitative estimate of drug-likeness (QED) is 0.197. The summed E-state index contributed by atoms with van der Waals surface area (Å²) in [5, 5.41) is 20.6. The summed E-state index contributed by atoms with van der Waals surface area (Å²) in [5.41, 5.74) is 5.45. The fourth-order valence-corrected chi connectivity index (χ4v) is 5.68. The molecular formula is C36H48N8O3. The molecule has 11 heteroatoms. The lowest BCUT2D eigenvalue weighted by molar-refractivity contribution is -0.126. The Morgan fingerprint density at radius 1 is 0.915 bits per heavy atom. The molecule has 1 N–H and O–H groups in total. The number of hydrogen-bond acceptors (Lipinski definition) is 7. The zero-order valence-electron chi connectivity index (χ0n) is 28.9. The minimum Gasteiger partial charge on any atom is -0.373 e. The molecule has 0 spiro atoms. The average molecular weight is 641 g/mol. The average Bonchev–Trinajstić information content (AvgIpc) is 3.68. The zero-order chi connectivity index (χ0) is 33.9. The molecule has 250 valence electrons. The highest BCUT2D eigenvalue weighted by Crippen LogP contribution is 2.41. The van der Waals surface area contributed by atoms with Crippen molar-refractivity contribution in [2.24, 2.45) is 5.41 Å². The number of nitrogens with one attached hydrogen (secondary N) is 1. The van der Waals surface area contributed by atoms with E-state index >= 15 is 0 Å². The first-order valence-electron chi connectivity index (χ1n) is 16.5. The standard InChI is InChI=1S/C36H48N8O3/c1-24(2)29-20-42(40-38-29)22-36(7,8)47-23-35(5,6)21-37-31(45)17-18-32(46)43-19-26-13-9-10-14-27(26)34-33(39-41-44(34)25(3)4)28-15-11-12-16-30(28)43/h9-16,20,24-25H,17-19,21-23H2,1-8H3,(H,37,45). The number of rotatable bonds is 12. The van der Waals surface area contributed by atoms with Gasteiger partial charge in [0.25, 0.3) is 0 Å². The van der Waals surface area contributed by atoms with Crippen LogP contribution < -0.4 is 10.2 Å². The molecule has 2 aromatic heterocycles. The van der Waals surface area contributed by atoms with Gasteiger partial charge in [-0.05, 0) is 45.2 Å². The van der Waals surface area contributed by atoms with E-state index in [2.05, 4.69) is 73.5 Å². The third kappa shape index (κ3) is 7.96. The molecule has 0 atom stereocenters. The van der Waals surface area contributed by atoms with Crippen LogP contribution in [0.4, 0.5) is 5.69 Å². The van der Waals surface area contributed by atoms with Crippen molar-refractivity contribution < 1.29 is 14.3 Å². The van der Waals surface area contributed by atoms with Crippen LogP contribution in [0.15, 0.2) is 54.7 Å². The molecule has 0 fully saturated rings. The maximum atomic E-state index is 13.8. The van der Waals surface area contributed by atoms with Gasteiger partial charge in [0.2, 0.25) is 11.8 Å². The second-order valence-electron chi connectivity index (χ2n) is 14.5. The van der Waals surface area contributed by atoms with Crippen LogP contribution in [-0.4, -0.2) is 60.6 Å². The Bertz CT molecular complexity index is 1720. The number of benzene rings is 2. The molecule has 4 aromatic rings. The Balaban J connectivity index is 1.21. The highest BCUT2D eigenvalue weighted by molar-refractivity contribution is 6.01. The van der Waals surface area contributed by atoms with Crippen LogP contribution in [0.25, 0.3) is 22.5 Å². The van der Waals surface area contributed by atoms with E-state index in [0.717, 1.165) is 39.5 Å². The number of anilines is 1. The van der Waals surface area contributed by atoms with Crippen molar-refractivity contribution in [1.29, 1.82) is 0 Å². The minimum absolute atomic E-state index is 0.0775. The largest absolute Gasteiger partial charge is 0.373 e. The number of fused-ring (bicyclic) bond motifs is 5. The van der Waals surface area contributed by atoms with Gasteiger partial charge in [-0.1, -0.05) is 80.6 Å². The van der Waals surface area contributed by atoms with E-state index in [9.17, 15) is 9.59 Å². The van der Waals surface area contributed by atoms with E-state index in [-0.39, 0.29) is 36.1 Å². The van der Waals surface area contributed by atoms with Gasteiger partial charge in [-0.15, -0.1) is 10.2 Å². The Hall–Kier alpha value is -4.38. The lowest BCUT2D eigenvalue weighted by Crippen LogP contribution is -2.41. The van der Waals surface area contributed by atoms with Gasteiger partial charge in [-0.2, -0.15) is 0 Å². The molecule has 0 saturated carbocycles. The number of amides is 2. The Morgan fingerprint density at radius 2 is 1.62 bits per heavy atom. The lowest BCUT2D eigenvalue weighted by Gasteiger charge is -2.32. The van der Waals surface area contributed by atoms with Crippen molar-refractivity contribution in [2.45, 2.75) is 98.9 Å². The summed E-state index contributed by atoms with van der Waals surface area (Å²) < 4.78 is 10.1. The number of nitrogens with zero attached hydrogens (tertiary/aromatic N) is 7. The molecule has 0 unspecified atom stereocenters. The van der Waals surface area contributed by atoms with E-state index in [1.807, 2.05) is 71.9 Å². The Kier molecular flexibility index (Phi) is 9.95. The van der Waals surface area contributed by atoms with Crippen molar-refractivity contribution in [3.05, 3.63) is 66.0 Å². The number of carbonyl (C=O) groups excluding carboxylic acids is 2. The van der Waals surface area contributed by atoms with E-state index in [4.69, 9.17) is 4.74 Å². The SMILES string of the molecule is CC(C)c1cn(CC(C)(C)OCC(C)(C)CNC(=O)CCC(=O)N2Cc3ccccc3-c3c(nnn3C(C)C)-c3ccccc32)nn1. The van der Waals surface area contributed by atoms with E-state index < -0.39 is 5.60 Å². The number of ether oxygens (including phenoxy) is 1. The maximum absolute atomic E-state index is 13.8. The molecule has 3 heterocycles. The fourth-order valence-electron chi connectivity index (χ4n) is 5.68. The zero-order valence-corrected chi connectivity index (χ0v) is 28.9. The highest BCUT2D eigenvalue weighted by atomic mass is 16.5. The summed E-state index contributed by atoms with van der Waals surface area (Å²) in [4.78, 5) is 28.6. The van der Waals surface area contributed by atoms with Gasteiger partial charge in [0.1, 0.15) is 5.69 Å². The third-order valence-corrected chi connectivity index (χ3v) is 8.41. The third-order valence-electron chi connectivity index (χ3n) is 8.41. The number of carbonyl (C=O) groups is 2. The fraction of sp³-hybridized carbons (Fsp3) is 0.500. The molecule has 1 aliphatic rings. The van der Waals surface area contributed by atoms with Crippen LogP contribution in [0.1, 0.15) is 91.4 Å². The second kappa shape index (κ2) is 13.8. The molecule has 5 rings (SSSR count). The van der Waals surface area contributed by atoms with Crippen LogP contribution in [0.5, 0.6) is 0 Å². The predicted molar refractivity (Wildman–Crippen MR) is 183 cm³/mol. The molecular weight excluding hydrogens is 592 g/mol. The normalized spacial score (nSPS) is 13.2. The van der Waals surface area contributed by atoms with E-state index in [1.165, 1.54) is 0 Å². The minimum atomic E-state index is -0.472. The van der Waals surface area contributed by atoms with Crippen LogP contribution in [0.2, 0.25) is 0 Å². The molecule has 0 saturated heterocycles. The Morgan fingerprint density at radius 3 is 2.32 bits per heavy atom. The van der Waals surface area contributed by atoms with Crippen molar-refractivity contribution in [2.75, 3.05) is 18.1 Å². The van der Waals surface area contributed by atoms with Crippen LogP contribution in [-0.2, 0) is 27.4 Å². The van der Waals surface area contributed by atoms with Crippen molar-refractivity contribution >= 4 is 17.5 Å². The molecule has 1 aliphatic heterocycles. The van der Waals surface area contributed by atoms with Gasteiger partial charge in [0.15, 0.2) is 0 Å². The van der Waals surface area contributed by atoms with Gasteiger partial charge in [0, 0.05) is 48.2 Å². The first-order chi connectivity index (χ1) is 22.2. The molecule has 11 nitrogen and oxygen atoms in total. The monoisotopic (exact) mass is 640 g/mol. The van der Waals surface area contributed by atoms with Gasteiger partial charge >= 0.3 is 0 Å². The summed E-state index contributed by atoms with van der Waals surface area (Å²) in [6.07, 6.45) is 2.12. The summed E-state index contributed by atoms with van der Waals surface area (Å²) in [6, 6.07) is 16.0. The Labute approximate surface area is 277 Å². The molecule has 0 bridgehead atoms. The topological polar surface area (TPSA) is 120 Å². The maximum Gasteiger partial charge on any atom is 0.227 e. The second-order valence-corrected chi connectivity index (χ2v) is 14.5. The van der Waals surface area contributed by atoms with Gasteiger partial charge in [-0.25, -0.2) is 9.36 Å². The number of para-hydroxylation sites is 1. The van der Waals surface area contributed by atoms with Gasteiger partial charge < -0.3 is 15.0 Å². The van der Waals surface area contributed by atoms with Crippen molar-refractivity contribution in [3.8, 4) is 22.5 Å². The summed E-state index contributed by atoms with van der Waals surface area (Å²) in [5.74, 6) is 0.0192. The van der Waals surface area contributed by atoms with E-state index in [1.54, 1.807) is 4.90 Å². The van der Waals surface area contributed by atoms with Crippen LogP contribution >= 0.6 is 0 Å². The first-order valence-corrected chi connectivity index (χ1v) is 16.5. The van der Waals surface area contributed by atoms with Gasteiger partial charge in [0.05, 0.1) is 42.4 Å². The number of hydrogen-bond donors (Lipinski definition) is 1. The van der Waals surface area contributed by atoms with E-state index in [0.29, 0.717) is 32.2 Å². The van der Waals surface area contributed by atoms with Crippen molar-refractivity contribution in [1.82, 2.24) is 35.3 Å². The smallest absolute Gasteiger partial charge is 0.227 e. The van der Waals surface area contributed by atoms with Gasteiger partial charge in [-0.3, -0.25) is 9.59 Å². The summed E-state index contributed by atoms with van der Waals surface area (Å²) >= 11 is 0. The molecule has 2 amide bonds. The van der Waals surface area contributed by atoms with Crippen molar-refractivity contribution in [3.63, 3.8) is 0 Å². The first kappa shape index (κ1) is 34.0. The summed E-state index contributed by atoms with van der Waals surface area (Å²) in [7, 11) is 0. The lowest BCUT2D eigenvalue weighted by atomic mass is 9.94. The number of aromatic nitrogens is 6. The molecule has 0 radical (unpaired) electrons. The molecule has 0 aliphatic carbocycles. The summed E-state index contributed by atoms with van der Waals surface area (Å²) in [6.45, 7) is 18.3. The predicted octanol–water partition coefficient (Wildman–Crippen LogP) is 6.17. The molecule has 47 heavy (non-hydrogen) atoms. The molecule has 2 aromatic carbocycles. The van der Waals surface area contributed by atoms with Crippen LogP contribution in [0.3, 0.4) is 0 Å².